The molecule has 0 unspecified atom stereocenters. The molecule has 0 aromatic rings. The Bertz CT molecular complexity index is 701. The molecule has 0 atom stereocenters. The third-order valence-corrected chi connectivity index (χ3v) is 6.73. The fourth-order valence-corrected chi connectivity index (χ4v) is 4.24. The molecule has 0 bridgehead atoms. The second kappa shape index (κ2) is 6.51. The summed E-state index contributed by atoms with van der Waals surface area (Å²) in [5.41, 5.74) is 0. The summed E-state index contributed by atoms with van der Waals surface area (Å²) < 4.78 is 133. The third-order valence-electron chi connectivity index (χ3n) is 3.87. The summed E-state index contributed by atoms with van der Waals surface area (Å²) in [6.07, 6.45) is -0.0505. The van der Waals surface area contributed by atoms with Gasteiger partial charge >= 0.3 is 26.5 Å². The maximum absolute atomic E-state index is 13.8. The van der Waals surface area contributed by atoms with Gasteiger partial charge < -0.3 is 4.90 Å². The summed E-state index contributed by atoms with van der Waals surface area (Å²) in [6, 6.07) is -0.236. The van der Waals surface area contributed by atoms with E-state index in [2.05, 4.69) is 0 Å². The summed E-state index contributed by atoms with van der Waals surface area (Å²) in [6.45, 7) is -1.29. The number of halogens is 6. The zero-order valence-electron chi connectivity index (χ0n) is 13.0. The lowest BCUT2D eigenvalue weighted by Crippen LogP contribution is -2.63. The molecule has 1 aliphatic heterocycles. The zero-order valence-corrected chi connectivity index (χ0v) is 14.6. The minimum atomic E-state index is -7.01. The molecular weight excluding hydrogens is 406 g/mol. The average molecular weight is 422 g/mol. The van der Waals surface area contributed by atoms with Crippen molar-refractivity contribution in [3.8, 4) is 0 Å². The minimum absolute atomic E-state index is 0.0252. The van der Waals surface area contributed by atoms with Crippen LogP contribution in [0, 0.1) is 0 Å². The van der Waals surface area contributed by atoms with Crippen LogP contribution in [0.4, 0.5) is 26.3 Å². The van der Waals surface area contributed by atoms with Crippen molar-refractivity contribution in [1.29, 1.82) is 0 Å². The van der Waals surface area contributed by atoms with Gasteiger partial charge in [-0.2, -0.15) is 39.1 Å². The van der Waals surface area contributed by atoms with Gasteiger partial charge in [-0.1, -0.05) is 0 Å². The number of rotatable bonds is 6. The van der Waals surface area contributed by atoms with E-state index in [0.717, 1.165) is 0 Å². The maximum Gasteiger partial charge on any atom is 0.439 e. The highest BCUT2D eigenvalue weighted by Crippen LogP contribution is 2.51. The van der Waals surface area contributed by atoms with E-state index >= 15 is 0 Å². The number of piperidine rings is 1. The second-order valence-electron chi connectivity index (χ2n) is 5.68. The standard InChI is InChI=1S/C10H16F6N2O5S2/c1-17(2)7-3-5-18(6-4-7)24(19,20)9(13,14)8(11,12)10(15,16)25(21,22)23/h7H,3-6H2,1-2H3,(H,21,22,23). The Kier molecular flexibility index (Phi) is 5.83. The molecule has 7 nitrogen and oxygen atoms in total. The molecule has 0 radical (unpaired) electrons. The highest BCUT2D eigenvalue weighted by Gasteiger charge is 2.82. The van der Waals surface area contributed by atoms with Gasteiger partial charge in [0.05, 0.1) is 0 Å². The van der Waals surface area contributed by atoms with Gasteiger partial charge in [0.2, 0.25) is 0 Å². The van der Waals surface area contributed by atoms with E-state index in [-0.39, 0.29) is 23.2 Å². The van der Waals surface area contributed by atoms with Gasteiger partial charge in [0.1, 0.15) is 0 Å². The summed E-state index contributed by atoms with van der Waals surface area (Å²) in [5.74, 6) is -6.90. The van der Waals surface area contributed by atoms with Gasteiger partial charge in [-0.05, 0) is 26.9 Å². The molecule has 0 saturated carbocycles. The van der Waals surface area contributed by atoms with Crippen LogP contribution in [0.2, 0.25) is 0 Å². The van der Waals surface area contributed by atoms with Crippen molar-refractivity contribution in [1.82, 2.24) is 9.21 Å². The van der Waals surface area contributed by atoms with E-state index in [1.807, 2.05) is 0 Å². The van der Waals surface area contributed by atoms with Gasteiger partial charge in [-0.25, -0.2) is 8.42 Å². The number of nitrogens with zero attached hydrogens (tertiary/aromatic N) is 2. The molecule has 1 N–H and O–H groups in total. The Morgan fingerprint density at radius 3 is 1.64 bits per heavy atom. The molecule has 25 heavy (non-hydrogen) atoms. The van der Waals surface area contributed by atoms with Gasteiger partial charge in [0.15, 0.2) is 0 Å². The van der Waals surface area contributed by atoms with Gasteiger partial charge in [0, 0.05) is 19.1 Å². The molecule has 15 heteroatoms. The quantitative estimate of drug-likeness (QED) is 0.508. The van der Waals surface area contributed by atoms with E-state index in [0.29, 0.717) is 0 Å². The molecule has 150 valence electrons. The van der Waals surface area contributed by atoms with E-state index < -0.39 is 49.7 Å². The lowest BCUT2D eigenvalue weighted by atomic mass is 10.1. The van der Waals surface area contributed by atoms with Crippen LogP contribution in [-0.4, -0.2) is 80.3 Å². The fourth-order valence-electron chi connectivity index (χ4n) is 2.25. The van der Waals surface area contributed by atoms with Crippen LogP contribution in [0.5, 0.6) is 0 Å². The first-order valence-electron chi connectivity index (χ1n) is 6.68. The highest BCUT2D eigenvalue weighted by atomic mass is 32.2. The number of sulfonamides is 1. The second-order valence-corrected chi connectivity index (χ2v) is 9.12. The van der Waals surface area contributed by atoms with E-state index in [1.54, 1.807) is 19.0 Å². The largest absolute Gasteiger partial charge is 0.439 e. The third kappa shape index (κ3) is 3.48. The normalized spacial score (nSPS) is 20.2. The van der Waals surface area contributed by atoms with Crippen LogP contribution < -0.4 is 0 Å². The Hall–Kier alpha value is -0.640. The Balaban J connectivity index is 3.24. The van der Waals surface area contributed by atoms with Crippen molar-refractivity contribution in [2.45, 2.75) is 35.3 Å². The first-order chi connectivity index (χ1) is 10.9. The molecule has 1 heterocycles. The van der Waals surface area contributed by atoms with Crippen molar-refractivity contribution in [2.75, 3.05) is 27.2 Å². The molecule has 1 saturated heterocycles. The molecule has 1 fully saturated rings. The lowest BCUT2D eigenvalue weighted by Gasteiger charge is -2.38. The Labute approximate surface area is 140 Å². The molecule has 1 rings (SSSR count). The van der Waals surface area contributed by atoms with Crippen molar-refractivity contribution < 1.29 is 47.7 Å². The summed E-state index contributed by atoms with van der Waals surface area (Å²) in [4.78, 5) is 1.64. The SMILES string of the molecule is CN(C)C1CCN(S(=O)(=O)C(F)(F)C(F)(F)C(F)(F)S(=O)(=O)O)CC1. The van der Waals surface area contributed by atoms with Gasteiger partial charge in [-0.15, -0.1) is 0 Å². The molecular formula is C10H16F6N2O5S2. The molecule has 0 aromatic heterocycles. The predicted octanol–water partition coefficient (Wildman–Crippen LogP) is 1.05. The smallest absolute Gasteiger partial charge is 0.306 e. The van der Waals surface area contributed by atoms with Crippen LogP contribution in [0.3, 0.4) is 0 Å². The Morgan fingerprint density at radius 1 is 0.920 bits per heavy atom. The molecule has 1 aliphatic rings. The van der Waals surface area contributed by atoms with Crippen LogP contribution in [0.15, 0.2) is 0 Å². The van der Waals surface area contributed by atoms with Gasteiger partial charge in [0.25, 0.3) is 10.0 Å². The first-order valence-corrected chi connectivity index (χ1v) is 9.56. The van der Waals surface area contributed by atoms with Crippen LogP contribution in [0.25, 0.3) is 0 Å². The number of alkyl halides is 6. The fraction of sp³-hybridized carbons (Fsp3) is 1.00. The van der Waals surface area contributed by atoms with Crippen molar-refractivity contribution in [3.63, 3.8) is 0 Å². The molecule has 0 aliphatic carbocycles. The summed E-state index contributed by atoms with van der Waals surface area (Å²) in [7, 11) is -10.1. The van der Waals surface area contributed by atoms with Crippen LogP contribution in [0.1, 0.15) is 12.8 Å². The average Bonchev–Trinajstić information content (AvgIpc) is 2.45. The van der Waals surface area contributed by atoms with E-state index in [4.69, 9.17) is 4.55 Å². The van der Waals surface area contributed by atoms with Crippen molar-refractivity contribution in [3.05, 3.63) is 0 Å². The van der Waals surface area contributed by atoms with E-state index in [9.17, 15) is 43.2 Å². The topological polar surface area (TPSA) is 95.0 Å². The number of hydrogen-bond acceptors (Lipinski definition) is 5. The van der Waals surface area contributed by atoms with Crippen molar-refractivity contribution >= 4 is 20.1 Å². The highest BCUT2D eigenvalue weighted by molar-refractivity contribution is 7.90. The minimum Gasteiger partial charge on any atom is -0.306 e. The van der Waals surface area contributed by atoms with Crippen LogP contribution >= 0.6 is 0 Å². The van der Waals surface area contributed by atoms with Gasteiger partial charge in [-0.3, -0.25) is 4.55 Å². The van der Waals surface area contributed by atoms with Crippen LogP contribution in [-0.2, 0) is 20.1 Å². The maximum atomic E-state index is 13.8. The number of hydrogen-bond donors (Lipinski definition) is 1. The lowest BCUT2D eigenvalue weighted by molar-refractivity contribution is -0.247. The van der Waals surface area contributed by atoms with Crippen molar-refractivity contribution in [2.24, 2.45) is 0 Å². The molecule has 0 aromatic carbocycles. The Morgan fingerprint density at radius 2 is 1.32 bits per heavy atom. The summed E-state index contributed by atoms with van der Waals surface area (Å²) in [5, 5.41) is -13.2. The van der Waals surface area contributed by atoms with E-state index in [1.165, 1.54) is 0 Å². The zero-order chi connectivity index (χ0) is 20.1. The molecule has 0 spiro atoms. The monoisotopic (exact) mass is 422 g/mol. The predicted molar refractivity (Wildman–Crippen MR) is 73.6 cm³/mol. The molecule has 0 amide bonds. The first kappa shape index (κ1) is 22.4. The summed E-state index contributed by atoms with van der Waals surface area (Å²) >= 11 is 0.